The molecular formula is C40H25NS. The van der Waals surface area contributed by atoms with Gasteiger partial charge in [-0.3, -0.25) is 0 Å². The molecule has 0 amide bonds. The third-order valence-corrected chi connectivity index (χ3v) is 9.80. The molecule has 1 heterocycles. The van der Waals surface area contributed by atoms with E-state index in [1.54, 1.807) is 0 Å². The monoisotopic (exact) mass is 551 g/mol. The van der Waals surface area contributed by atoms with Crippen molar-refractivity contribution in [3.63, 3.8) is 0 Å². The van der Waals surface area contributed by atoms with Crippen LogP contribution in [0.25, 0.3) is 63.3 Å². The normalized spacial score (nSPS) is 11.8. The first-order valence-corrected chi connectivity index (χ1v) is 15.2. The van der Waals surface area contributed by atoms with Gasteiger partial charge in [0.25, 0.3) is 0 Å². The maximum absolute atomic E-state index is 2.43. The summed E-state index contributed by atoms with van der Waals surface area (Å²) in [4.78, 5) is 2.43. The number of fused-ring (bicyclic) bond motifs is 10. The van der Waals surface area contributed by atoms with Crippen LogP contribution in [0, 0.1) is 0 Å². The van der Waals surface area contributed by atoms with Gasteiger partial charge in [-0.25, -0.2) is 0 Å². The van der Waals surface area contributed by atoms with Crippen LogP contribution < -0.4 is 4.90 Å². The van der Waals surface area contributed by atoms with Crippen molar-refractivity contribution in [1.29, 1.82) is 0 Å². The molecule has 0 radical (unpaired) electrons. The van der Waals surface area contributed by atoms with Crippen LogP contribution in [0.5, 0.6) is 0 Å². The van der Waals surface area contributed by atoms with Crippen molar-refractivity contribution in [1.82, 2.24) is 0 Å². The fourth-order valence-corrected chi connectivity index (χ4v) is 7.92. The van der Waals surface area contributed by atoms with Crippen molar-refractivity contribution in [3.05, 3.63) is 152 Å². The number of hydrogen-bond donors (Lipinski definition) is 0. The molecule has 0 spiro atoms. The van der Waals surface area contributed by atoms with Crippen molar-refractivity contribution < 1.29 is 0 Å². The van der Waals surface area contributed by atoms with Crippen LogP contribution in [0.2, 0.25) is 0 Å². The summed E-state index contributed by atoms with van der Waals surface area (Å²) in [5.74, 6) is 0. The summed E-state index contributed by atoms with van der Waals surface area (Å²) >= 11 is 1.89. The highest BCUT2D eigenvalue weighted by atomic mass is 32.1. The molecule has 0 bridgehead atoms. The highest BCUT2D eigenvalue weighted by Gasteiger charge is 2.19. The van der Waals surface area contributed by atoms with Crippen LogP contribution in [-0.4, -0.2) is 0 Å². The predicted octanol–water partition coefficient (Wildman–Crippen LogP) is 12.1. The number of anilines is 3. The van der Waals surface area contributed by atoms with Gasteiger partial charge in [-0.15, -0.1) is 11.3 Å². The molecular weight excluding hydrogens is 527 g/mol. The molecule has 2 heteroatoms. The lowest BCUT2D eigenvalue weighted by molar-refractivity contribution is 1.31. The van der Waals surface area contributed by atoms with Crippen molar-refractivity contribution >= 4 is 91.7 Å². The van der Waals surface area contributed by atoms with E-state index in [0.29, 0.717) is 0 Å². The largest absolute Gasteiger partial charge is 0.310 e. The molecule has 0 aliphatic rings. The van der Waals surface area contributed by atoms with E-state index in [4.69, 9.17) is 0 Å². The third-order valence-electron chi connectivity index (χ3n) is 8.59. The van der Waals surface area contributed by atoms with E-state index in [1.807, 2.05) is 11.3 Å². The molecule has 0 saturated carbocycles. The molecule has 0 aliphatic heterocycles. The quantitative estimate of drug-likeness (QED) is 0.197. The lowest BCUT2D eigenvalue weighted by atomic mass is 9.94. The Morgan fingerprint density at radius 3 is 1.93 bits per heavy atom. The molecule has 1 aromatic heterocycles. The fraction of sp³-hybridized carbons (Fsp3) is 0. The summed E-state index contributed by atoms with van der Waals surface area (Å²) < 4.78 is 2.69. The third kappa shape index (κ3) is 3.49. The summed E-state index contributed by atoms with van der Waals surface area (Å²) in [7, 11) is 0. The number of hydrogen-bond acceptors (Lipinski definition) is 2. The van der Waals surface area contributed by atoms with Gasteiger partial charge in [0.15, 0.2) is 0 Å². The van der Waals surface area contributed by atoms with Crippen molar-refractivity contribution in [2.45, 2.75) is 0 Å². The zero-order valence-corrected chi connectivity index (χ0v) is 23.6. The summed E-state index contributed by atoms with van der Waals surface area (Å²) in [6.07, 6.45) is 0. The Morgan fingerprint density at radius 2 is 1.05 bits per heavy atom. The van der Waals surface area contributed by atoms with Gasteiger partial charge in [-0.05, 0) is 74.1 Å². The predicted molar refractivity (Wildman–Crippen MR) is 184 cm³/mol. The van der Waals surface area contributed by atoms with E-state index in [-0.39, 0.29) is 0 Å². The Labute approximate surface area is 247 Å². The lowest BCUT2D eigenvalue weighted by Crippen LogP contribution is -2.10. The number of para-hydroxylation sites is 1. The van der Waals surface area contributed by atoms with Gasteiger partial charge in [0.1, 0.15) is 0 Å². The summed E-state index contributed by atoms with van der Waals surface area (Å²) in [5, 5.41) is 12.8. The van der Waals surface area contributed by atoms with Crippen molar-refractivity contribution in [2.24, 2.45) is 0 Å². The van der Waals surface area contributed by atoms with Crippen LogP contribution in [0.3, 0.4) is 0 Å². The van der Waals surface area contributed by atoms with Gasteiger partial charge in [-0.2, -0.15) is 0 Å². The zero-order valence-electron chi connectivity index (χ0n) is 22.8. The summed E-state index contributed by atoms with van der Waals surface area (Å²) in [5.41, 5.74) is 3.48. The molecule has 0 atom stereocenters. The minimum Gasteiger partial charge on any atom is -0.310 e. The van der Waals surface area contributed by atoms with Gasteiger partial charge in [-0.1, -0.05) is 115 Å². The number of nitrogens with zero attached hydrogens (tertiary/aromatic N) is 1. The topological polar surface area (TPSA) is 3.24 Å². The van der Waals surface area contributed by atoms with Crippen LogP contribution >= 0.6 is 11.3 Å². The van der Waals surface area contributed by atoms with E-state index in [1.165, 1.54) is 68.9 Å². The van der Waals surface area contributed by atoms with Crippen LogP contribution in [0.1, 0.15) is 0 Å². The minimum atomic E-state index is 1.14. The second-order valence-electron chi connectivity index (χ2n) is 10.9. The lowest BCUT2D eigenvalue weighted by Gasteiger charge is -2.28. The molecule has 42 heavy (non-hydrogen) atoms. The molecule has 0 N–H and O–H groups in total. The van der Waals surface area contributed by atoms with Gasteiger partial charge >= 0.3 is 0 Å². The second kappa shape index (κ2) is 9.17. The van der Waals surface area contributed by atoms with E-state index >= 15 is 0 Å². The Bertz CT molecular complexity index is 2470. The van der Waals surface area contributed by atoms with Crippen LogP contribution in [0.4, 0.5) is 17.1 Å². The molecule has 196 valence electrons. The molecule has 0 unspecified atom stereocenters. The number of thiophene rings is 1. The van der Waals surface area contributed by atoms with Crippen LogP contribution in [-0.2, 0) is 0 Å². The molecule has 9 rings (SSSR count). The van der Waals surface area contributed by atoms with Gasteiger partial charge in [0.05, 0.1) is 5.69 Å². The first kappa shape index (κ1) is 23.5. The molecule has 1 nitrogen and oxygen atoms in total. The summed E-state index contributed by atoms with van der Waals surface area (Å²) in [6.45, 7) is 0. The second-order valence-corrected chi connectivity index (χ2v) is 12.0. The smallest absolute Gasteiger partial charge is 0.0546 e. The average Bonchev–Trinajstić information content (AvgIpc) is 3.44. The van der Waals surface area contributed by atoms with Gasteiger partial charge in [0.2, 0.25) is 0 Å². The van der Waals surface area contributed by atoms with E-state index in [9.17, 15) is 0 Å². The molecule has 0 fully saturated rings. The van der Waals surface area contributed by atoms with Crippen molar-refractivity contribution in [3.8, 4) is 0 Å². The highest BCUT2D eigenvalue weighted by molar-refractivity contribution is 7.26. The maximum Gasteiger partial charge on any atom is 0.0546 e. The minimum absolute atomic E-state index is 1.14. The Hall–Kier alpha value is -5.18. The fourth-order valence-electron chi connectivity index (χ4n) is 6.68. The first-order chi connectivity index (χ1) is 20.8. The van der Waals surface area contributed by atoms with E-state index in [0.717, 1.165) is 11.4 Å². The summed E-state index contributed by atoms with van der Waals surface area (Å²) in [6, 6.07) is 55.5. The van der Waals surface area contributed by atoms with Gasteiger partial charge < -0.3 is 4.90 Å². The SMILES string of the molecule is c1ccc(N(c2ccc3c(ccc4c5ccccc5sc34)c2)c2cccc3ccc4ccc5ccccc5c4c23)cc1. The number of benzene rings is 8. The molecule has 8 aromatic carbocycles. The van der Waals surface area contributed by atoms with Gasteiger partial charge in [0, 0.05) is 36.9 Å². The van der Waals surface area contributed by atoms with Crippen LogP contribution in [0.15, 0.2) is 152 Å². The molecule has 9 aromatic rings. The molecule has 0 saturated heterocycles. The highest BCUT2D eigenvalue weighted by Crippen LogP contribution is 2.45. The first-order valence-electron chi connectivity index (χ1n) is 14.4. The number of rotatable bonds is 3. The Balaban J connectivity index is 1.35. The van der Waals surface area contributed by atoms with E-state index in [2.05, 4.69) is 157 Å². The molecule has 0 aliphatic carbocycles. The Morgan fingerprint density at radius 1 is 0.381 bits per heavy atom. The zero-order chi connectivity index (χ0) is 27.6. The Kier molecular flexibility index (Phi) is 5.13. The maximum atomic E-state index is 2.43. The van der Waals surface area contributed by atoms with E-state index < -0.39 is 0 Å². The average molecular weight is 552 g/mol. The van der Waals surface area contributed by atoms with Crippen molar-refractivity contribution in [2.75, 3.05) is 4.90 Å². The standard InChI is InChI=1S/C40H25NS/c1-2-11-30(12-3-1)41(31-22-24-33-29(25-31)21-23-35-34-14-6-7-16-37(34)42-40(33)35)36-15-8-10-27-19-20-28-18-17-26-9-4-5-13-32(26)38(28)39(27)36/h1-25H.